The summed E-state index contributed by atoms with van der Waals surface area (Å²) in [5.74, 6) is -0.00916. The van der Waals surface area contributed by atoms with Gasteiger partial charge in [-0.3, -0.25) is 9.59 Å². The fourth-order valence-electron chi connectivity index (χ4n) is 2.85. The molecule has 1 heterocycles. The molecule has 6 heteroatoms. The molecule has 0 aliphatic carbocycles. The number of rotatable bonds is 5. The molecule has 0 radical (unpaired) electrons. The van der Waals surface area contributed by atoms with E-state index in [2.05, 4.69) is 11.4 Å². The molecule has 0 aromatic heterocycles. The fraction of sp³-hybridized carbons (Fsp3) is 0.500. The number of ether oxygens (including phenoxy) is 1. The van der Waals surface area contributed by atoms with Crippen LogP contribution in [0.15, 0.2) is 24.3 Å². The van der Waals surface area contributed by atoms with E-state index in [-0.39, 0.29) is 17.7 Å². The third-order valence-corrected chi connectivity index (χ3v) is 4.24. The Bertz CT molecular complexity index is 651. The van der Waals surface area contributed by atoms with Crippen LogP contribution in [0, 0.1) is 17.2 Å². The Balaban J connectivity index is 2.14. The number of hydrogen-bond acceptors (Lipinski definition) is 4. The van der Waals surface area contributed by atoms with Crippen LogP contribution in [0.25, 0.3) is 0 Å². The molecule has 128 valence electrons. The Morgan fingerprint density at radius 2 is 2.17 bits per heavy atom. The summed E-state index contributed by atoms with van der Waals surface area (Å²) < 4.78 is 5.12. The first-order valence-corrected chi connectivity index (χ1v) is 8.13. The van der Waals surface area contributed by atoms with Gasteiger partial charge < -0.3 is 15.0 Å². The molecule has 1 aliphatic heterocycles. The number of hydrogen-bond donors (Lipinski definition) is 1. The number of nitrogens with zero attached hydrogens (tertiary/aromatic N) is 2. The van der Waals surface area contributed by atoms with Crippen molar-refractivity contribution >= 4 is 11.8 Å². The van der Waals surface area contributed by atoms with Gasteiger partial charge in [-0.1, -0.05) is 19.9 Å². The SMILES string of the molecule is COc1cccc(C(=O)N[C@H](C(=O)N2CCC[C@H]2C#N)C(C)C)c1. The number of carbonyl (C=O) groups is 2. The average Bonchev–Trinajstić information content (AvgIpc) is 3.07. The number of methoxy groups -OCH3 is 1. The van der Waals surface area contributed by atoms with Gasteiger partial charge in [0.2, 0.25) is 5.91 Å². The molecule has 1 aromatic rings. The van der Waals surface area contributed by atoms with Gasteiger partial charge in [0.05, 0.1) is 13.2 Å². The van der Waals surface area contributed by atoms with Crippen LogP contribution in [0.2, 0.25) is 0 Å². The Morgan fingerprint density at radius 3 is 2.79 bits per heavy atom. The molecule has 1 aromatic carbocycles. The van der Waals surface area contributed by atoms with Crippen LogP contribution >= 0.6 is 0 Å². The Morgan fingerprint density at radius 1 is 1.42 bits per heavy atom. The first-order chi connectivity index (χ1) is 11.5. The van der Waals surface area contributed by atoms with Crippen LogP contribution in [0.3, 0.4) is 0 Å². The Hall–Kier alpha value is -2.55. The lowest BCUT2D eigenvalue weighted by Crippen LogP contribution is -2.52. The second-order valence-corrected chi connectivity index (χ2v) is 6.25. The van der Waals surface area contributed by atoms with Crippen LogP contribution in [0.4, 0.5) is 0 Å². The normalized spacial score (nSPS) is 18.1. The maximum atomic E-state index is 12.8. The zero-order valence-electron chi connectivity index (χ0n) is 14.3. The maximum absolute atomic E-state index is 12.8. The van der Waals surface area contributed by atoms with E-state index in [9.17, 15) is 14.9 Å². The molecule has 0 unspecified atom stereocenters. The molecular weight excluding hydrogens is 306 g/mol. The van der Waals surface area contributed by atoms with Crippen molar-refractivity contribution in [1.82, 2.24) is 10.2 Å². The topological polar surface area (TPSA) is 82.4 Å². The van der Waals surface area contributed by atoms with Gasteiger partial charge in [0.15, 0.2) is 0 Å². The summed E-state index contributed by atoms with van der Waals surface area (Å²) in [6.07, 6.45) is 1.51. The van der Waals surface area contributed by atoms with Crippen molar-refractivity contribution in [3.63, 3.8) is 0 Å². The lowest BCUT2D eigenvalue weighted by molar-refractivity contribution is -0.134. The molecule has 2 rings (SSSR count). The van der Waals surface area contributed by atoms with E-state index in [1.807, 2.05) is 13.8 Å². The predicted molar refractivity (Wildman–Crippen MR) is 89.4 cm³/mol. The Labute approximate surface area is 142 Å². The van der Waals surface area contributed by atoms with Crippen molar-refractivity contribution in [1.29, 1.82) is 5.26 Å². The number of nitrogens with one attached hydrogen (secondary N) is 1. The molecule has 2 amide bonds. The van der Waals surface area contributed by atoms with E-state index in [0.717, 1.165) is 6.42 Å². The van der Waals surface area contributed by atoms with Crippen LogP contribution in [0.1, 0.15) is 37.0 Å². The monoisotopic (exact) mass is 329 g/mol. The minimum Gasteiger partial charge on any atom is -0.497 e. The van der Waals surface area contributed by atoms with Crippen LogP contribution < -0.4 is 10.1 Å². The molecule has 6 nitrogen and oxygen atoms in total. The second kappa shape index (κ2) is 7.82. The van der Waals surface area contributed by atoms with E-state index >= 15 is 0 Å². The third-order valence-electron chi connectivity index (χ3n) is 4.24. The van der Waals surface area contributed by atoms with Gasteiger partial charge in [-0.15, -0.1) is 0 Å². The second-order valence-electron chi connectivity index (χ2n) is 6.25. The van der Waals surface area contributed by atoms with Crippen molar-refractivity contribution in [2.24, 2.45) is 5.92 Å². The minimum absolute atomic E-state index is 0.0769. The van der Waals surface area contributed by atoms with E-state index in [1.165, 1.54) is 7.11 Å². The Kier molecular flexibility index (Phi) is 5.80. The molecule has 24 heavy (non-hydrogen) atoms. The number of likely N-dealkylation sites (tertiary alicyclic amines) is 1. The number of nitriles is 1. The van der Waals surface area contributed by atoms with Crippen LogP contribution in [-0.4, -0.2) is 42.5 Å². The summed E-state index contributed by atoms with van der Waals surface area (Å²) in [5, 5.41) is 12.0. The lowest BCUT2D eigenvalue weighted by Gasteiger charge is -2.28. The van der Waals surface area contributed by atoms with Gasteiger partial charge in [-0.2, -0.15) is 5.26 Å². The quantitative estimate of drug-likeness (QED) is 0.895. The average molecular weight is 329 g/mol. The molecule has 1 saturated heterocycles. The van der Waals surface area contributed by atoms with Gasteiger partial charge in [0.25, 0.3) is 5.91 Å². The van der Waals surface area contributed by atoms with Gasteiger partial charge in [-0.05, 0) is 37.0 Å². The lowest BCUT2D eigenvalue weighted by atomic mass is 10.0. The van der Waals surface area contributed by atoms with Crippen molar-refractivity contribution in [2.45, 2.75) is 38.8 Å². The van der Waals surface area contributed by atoms with Gasteiger partial charge in [-0.25, -0.2) is 0 Å². The summed E-state index contributed by atoms with van der Waals surface area (Å²) in [7, 11) is 1.53. The first kappa shape index (κ1) is 17.8. The first-order valence-electron chi connectivity index (χ1n) is 8.13. The maximum Gasteiger partial charge on any atom is 0.252 e. The van der Waals surface area contributed by atoms with Gasteiger partial charge in [0, 0.05) is 12.1 Å². The highest BCUT2D eigenvalue weighted by Crippen LogP contribution is 2.20. The molecule has 0 bridgehead atoms. The number of carbonyl (C=O) groups excluding carboxylic acids is 2. The van der Waals surface area contributed by atoms with Crippen molar-refractivity contribution in [3.05, 3.63) is 29.8 Å². The molecule has 0 saturated carbocycles. The fourth-order valence-corrected chi connectivity index (χ4v) is 2.85. The van der Waals surface area contributed by atoms with E-state index in [0.29, 0.717) is 24.3 Å². The van der Waals surface area contributed by atoms with Crippen LogP contribution in [0.5, 0.6) is 5.75 Å². The third kappa shape index (κ3) is 3.85. The summed E-state index contributed by atoms with van der Waals surface area (Å²) in [6.45, 7) is 4.33. The van der Waals surface area contributed by atoms with E-state index in [1.54, 1.807) is 29.2 Å². The van der Waals surface area contributed by atoms with Gasteiger partial charge in [0.1, 0.15) is 17.8 Å². The highest BCUT2D eigenvalue weighted by molar-refractivity contribution is 5.98. The molecular formula is C18H23N3O3. The zero-order valence-corrected chi connectivity index (χ0v) is 14.3. The highest BCUT2D eigenvalue weighted by atomic mass is 16.5. The molecule has 0 spiro atoms. The van der Waals surface area contributed by atoms with Crippen LogP contribution in [-0.2, 0) is 4.79 Å². The smallest absolute Gasteiger partial charge is 0.252 e. The predicted octanol–water partition coefficient (Wildman–Crippen LogP) is 1.96. The highest BCUT2D eigenvalue weighted by Gasteiger charge is 2.35. The molecule has 1 fully saturated rings. The number of benzene rings is 1. The van der Waals surface area contributed by atoms with Crippen molar-refractivity contribution in [2.75, 3.05) is 13.7 Å². The van der Waals surface area contributed by atoms with E-state index in [4.69, 9.17) is 4.74 Å². The van der Waals surface area contributed by atoms with Crippen molar-refractivity contribution < 1.29 is 14.3 Å². The summed E-state index contributed by atoms with van der Waals surface area (Å²) in [5.41, 5.74) is 0.436. The number of amides is 2. The molecule has 1 aliphatic rings. The molecule has 1 N–H and O–H groups in total. The summed E-state index contributed by atoms with van der Waals surface area (Å²) >= 11 is 0. The standard InChI is InChI=1S/C18H23N3O3/c1-12(2)16(18(23)21-9-5-7-14(21)11-19)20-17(22)13-6-4-8-15(10-13)24-3/h4,6,8,10,12,14,16H,5,7,9H2,1-3H3,(H,20,22)/t14-,16-/m0/s1. The van der Waals surface area contributed by atoms with E-state index < -0.39 is 12.1 Å². The van der Waals surface area contributed by atoms with Crippen molar-refractivity contribution in [3.8, 4) is 11.8 Å². The van der Waals surface area contributed by atoms with Gasteiger partial charge >= 0.3 is 0 Å². The summed E-state index contributed by atoms with van der Waals surface area (Å²) in [4.78, 5) is 26.9. The summed E-state index contributed by atoms with van der Waals surface area (Å²) in [6, 6.07) is 7.90. The zero-order chi connectivity index (χ0) is 17.7. The largest absolute Gasteiger partial charge is 0.497 e. The minimum atomic E-state index is -0.655. The molecule has 2 atom stereocenters.